The van der Waals surface area contributed by atoms with Crippen LogP contribution in [0.4, 0.5) is 0 Å². The van der Waals surface area contributed by atoms with E-state index in [0.717, 1.165) is 17.3 Å². The third-order valence-corrected chi connectivity index (χ3v) is 4.19. The second-order valence-corrected chi connectivity index (χ2v) is 5.99. The molecule has 0 amide bonds. The molecular weight excluding hydrogens is 324 g/mol. The van der Waals surface area contributed by atoms with Crippen LogP contribution >= 0.6 is 15.9 Å². The van der Waals surface area contributed by atoms with Crippen molar-refractivity contribution in [3.05, 3.63) is 28.2 Å². The van der Waals surface area contributed by atoms with E-state index in [1.807, 2.05) is 19.1 Å². The zero-order valence-electron chi connectivity index (χ0n) is 11.3. The number of hydrogen-bond acceptors (Lipinski definition) is 4. The monoisotopic (exact) mass is 340 g/mol. The largest absolute Gasteiger partial charge is 0.486 e. The Morgan fingerprint density at radius 1 is 1.40 bits per heavy atom. The van der Waals surface area contributed by atoms with Crippen LogP contribution in [0.5, 0.6) is 5.75 Å². The van der Waals surface area contributed by atoms with Gasteiger partial charge < -0.3 is 14.2 Å². The van der Waals surface area contributed by atoms with Crippen LogP contribution in [-0.4, -0.2) is 37.3 Å². The Kier molecular flexibility index (Phi) is 4.10. The molecule has 2 aliphatic rings. The Labute approximate surface area is 126 Å². The van der Waals surface area contributed by atoms with Gasteiger partial charge in [-0.2, -0.15) is 0 Å². The molecule has 1 aromatic carbocycles. The Morgan fingerprint density at radius 3 is 3.05 bits per heavy atom. The minimum absolute atomic E-state index is 0.0127. The molecule has 0 radical (unpaired) electrons. The van der Waals surface area contributed by atoms with Gasteiger partial charge in [0, 0.05) is 11.1 Å². The number of ketones is 1. The summed E-state index contributed by atoms with van der Waals surface area (Å²) in [5.74, 6) is 0.671. The van der Waals surface area contributed by atoms with E-state index in [4.69, 9.17) is 14.2 Å². The topological polar surface area (TPSA) is 44.8 Å². The van der Waals surface area contributed by atoms with E-state index >= 15 is 0 Å². The summed E-state index contributed by atoms with van der Waals surface area (Å²) in [6.07, 6.45) is 0.992. The first-order chi connectivity index (χ1) is 9.69. The molecule has 5 heteroatoms. The summed E-state index contributed by atoms with van der Waals surface area (Å²) in [6, 6.07) is 5.51. The van der Waals surface area contributed by atoms with Gasteiger partial charge in [-0.3, -0.25) is 4.79 Å². The summed E-state index contributed by atoms with van der Waals surface area (Å²) >= 11 is 3.38. The molecule has 3 rings (SSSR count). The molecule has 0 N–H and O–H groups in total. The van der Waals surface area contributed by atoms with Gasteiger partial charge in [-0.15, -0.1) is 0 Å². The van der Waals surface area contributed by atoms with Crippen LogP contribution < -0.4 is 4.74 Å². The first-order valence-corrected chi connectivity index (χ1v) is 7.72. The van der Waals surface area contributed by atoms with Gasteiger partial charge in [0.05, 0.1) is 18.3 Å². The SMILES string of the molecule is CCOCC1CC[C@@H]2Oc3ccc(Br)cc3C(=O)[C@H]2O1. The lowest BCUT2D eigenvalue weighted by molar-refractivity contribution is -0.115. The van der Waals surface area contributed by atoms with Gasteiger partial charge >= 0.3 is 0 Å². The molecule has 4 nitrogen and oxygen atoms in total. The van der Waals surface area contributed by atoms with Gasteiger partial charge in [-0.05, 0) is 38.0 Å². The molecule has 0 spiro atoms. The van der Waals surface area contributed by atoms with Crippen molar-refractivity contribution < 1.29 is 19.0 Å². The maximum absolute atomic E-state index is 12.6. The number of carbonyl (C=O) groups is 1. The zero-order valence-corrected chi connectivity index (χ0v) is 12.9. The summed E-state index contributed by atoms with van der Waals surface area (Å²) in [6.45, 7) is 3.15. The quantitative estimate of drug-likeness (QED) is 0.848. The molecular formula is C15H17BrO4. The second kappa shape index (κ2) is 5.84. The van der Waals surface area contributed by atoms with Crippen LogP contribution in [0.1, 0.15) is 30.1 Å². The molecule has 20 heavy (non-hydrogen) atoms. The lowest BCUT2D eigenvalue weighted by Gasteiger charge is -2.39. The molecule has 108 valence electrons. The maximum atomic E-state index is 12.6. The number of Topliss-reactive ketones (excluding diaryl/α,β-unsaturated/α-hetero) is 1. The standard InChI is InChI=1S/C15H17BrO4/c1-2-18-8-10-4-6-13-15(19-10)14(17)11-7-9(16)3-5-12(11)20-13/h3,5,7,10,13,15H,2,4,6,8H2,1H3/t10?,13-,15-/m0/s1. The van der Waals surface area contributed by atoms with Crippen molar-refractivity contribution >= 4 is 21.7 Å². The van der Waals surface area contributed by atoms with E-state index in [2.05, 4.69) is 15.9 Å². The molecule has 1 fully saturated rings. The summed E-state index contributed by atoms with van der Waals surface area (Å²) < 4.78 is 18.1. The smallest absolute Gasteiger partial charge is 0.199 e. The third kappa shape index (κ3) is 2.62. The van der Waals surface area contributed by atoms with Crippen LogP contribution in [0.2, 0.25) is 0 Å². The molecule has 0 bridgehead atoms. The van der Waals surface area contributed by atoms with Crippen molar-refractivity contribution in [1.82, 2.24) is 0 Å². The minimum Gasteiger partial charge on any atom is -0.486 e. The fourth-order valence-electron chi connectivity index (χ4n) is 2.70. The van der Waals surface area contributed by atoms with Gasteiger partial charge in [-0.25, -0.2) is 0 Å². The van der Waals surface area contributed by atoms with Crippen molar-refractivity contribution in [2.24, 2.45) is 0 Å². The molecule has 3 atom stereocenters. The van der Waals surface area contributed by atoms with Crippen molar-refractivity contribution in [3.8, 4) is 5.75 Å². The number of ether oxygens (including phenoxy) is 3. The van der Waals surface area contributed by atoms with Crippen molar-refractivity contribution in [2.45, 2.75) is 38.1 Å². The predicted molar refractivity (Wildman–Crippen MR) is 77.3 cm³/mol. The van der Waals surface area contributed by atoms with Gasteiger partial charge in [0.2, 0.25) is 0 Å². The average Bonchev–Trinajstić information content (AvgIpc) is 2.46. The molecule has 1 saturated heterocycles. The fraction of sp³-hybridized carbons (Fsp3) is 0.533. The molecule has 0 aromatic heterocycles. The van der Waals surface area contributed by atoms with Crippen molar-refractivity contribution in [1.29, 1.82) is 0 Å². The zero-order chi connectivity index (χ0) is 14.1. The molecule has 2 aliphatic heterocycles. The fourth-order valence-corrected chi connectivity index (χ4v) is 3.06. The highest BCUT2D eigenvalue weighted by Gasteiger charge is 2.42. The van der Waals surface area contributed by atoms with E-state index in [1.54, 1.807) is 6.07 Å². The highest BCUT2D eigenvalue weighted by molar-refractivity contribution is 9.10. The van der Waals surface area contributed by atoms with Gasteiger partial charge in [-0.1, -0.05) is 15.9 Å². The van der Waals surface area contributed by atoms with Gasteiger partial charge in [0.15, 0.2) is 11.9 Å². The summed E-state index contributed by atoms with van der Waals surface area (Å²) in [7, 11) is 0. The second-order valence-electron chi connectivity index (χ2n) is 5.08. The van der Waals surface area contributed by atoms with Crippen molar-refractivity contribution in [2.75, 3.05) is 13.2 Å². The molecule has 0 aliphatic carbocycles. The molecule has 0 saturated carbocycles. The van der Waals surface area contributed by atoms with E-state index in [1.165, 1.54) is 0 Å². The molecule has 2 heterocycles. The van der Waals surface area contributed by atoms with Crippen LogP contribution in [0, 0.1) is 0 Å². The lowest BCUT2D eigenvalue weighted by Crippen LogP contribution is -2.50. The number of hydrogen-bond donors (Lipinski definition) is 0. The summed E-state index contributed by atoms with van der Waals surface area (Å²) in [4.78, 5) is 12.6. The normalized spacial score (nSPS) is 28.5. The average molecular weight is 341 g/mol. The first-order valence-electron chi connectivity index (χ1n) is 6.92. The predicted octanol–water partition coefficient (Wildman–Crippen LogP) is 2.98. The Hall–Kier alpha value is -0.910. The highest BCUT2D eigenvalue weighted by Crippen LogP contribution is 2.35. The van der Waals surface area contributed by atoms with Crippen LogP contribution in [0.3, 0.4) is 0 Å². The number of rotatable bonds is 3. The van der Waals surface area contributed by atoms with Gasteiger partial charge in [0.1, 0.15) is 11.9 Å². The first kappa shape index (κ1) is 14.0. The van der Waals surface area contributed by atoms with E-state index in [9.17, 15) is 4.79 Å². The van der Waals surface area contributed by atoms with Crippen molar-refractivity contribution in [3.63, 3.8) is 0 Å². The van der Waals surface area contributed by atoms with Gasteiger partial charge in [0.25, 0.3) is 0 Å². The molecule has 1 unspecified atom stereocenters. The number of fused-ring (bicyclic) bond motifs is 2. The Morgan fingerprint density at radius 2 is 2.25 bits per heavy atom. The summed E-state index contributed by atoms with van der Waals surface area (Å²) in [5.41, 5.74) is 0.595. The summed E-state index contributed by atoms with van der Waals surface area (Å²) in [5, 5.41) is 0. The number of carbonyl (C=O) groups excluding carboxylic acids is 1. The van der Waals surface area contributed by atoms with Crippen LogP contribution in [0.15, 0.2) is 22.7 Å². The van der Waals surface area contributed by atoms with E-state index < -0.39 is 6.10 Å². The van der Waals surface area contributed by atoms with Crippen LogP contribution in [-0.2, 0) is 9.47 Å². The number of halogens is 1. The minimum atomic E-state index is -0.504. The Balaban J connectivity index is 1.79. The molecule has 1 aromatic rings. The van der Waals surface area contributed by atoms with E-state index in [-0.39, 0.29) is 18.0 Å². The lowest BCUT2D eigenvalue weighted by atomic mass is 9.92. The van der Waals surface area contributed by atoms with Crippen LogP contribution in [0.25, 0.3) is 0 Å². The highest BCUT2D eigenvalue weighted by atomic mass is 79.9. The van der Waals surface area contributed by atoms with E-state index in [0.29, 0.717) is 24.5 Å². The Bertz CT molecular complexity index is 517. The number of benzene rings is 1. The maximum Gasteiger partial charge on any atom is 0.199 e. The third-order valence-electron chi connectivity index (χ3n) is 3.70.